The summed E-state index contributed by atoms with van der Waals surface area (Å²) in [6, 6.07) is -0.0762. The molecular weight excluding hydrogens is 194 g/mol. The van der Waals surface area contributed by atoms with Gasteiger partial charge in [0.1, 0.15) is 0 Å². The molecule has 1 aliphatic rings. The molecule has 1 amide bonds. The van der Waals surface area contributed by atoms with Gasteiger partial charge in [-0.3, -0.25) is 4.79 Å². The lowest BCUT2D eigenvalue weighted by Crippen LogP contribution is -2.43. The molecule has 0 aliphatic carbocycles. The second-order valence-electron chi connectivity index (χ2n) is 3.18. The average Bonchev–Trinajstić information content (AvgIpc) is 2.61. The van der Waals surface area contributed by atoms with E-state index in [4.69, 9.17) is 4.74 Å². The van der Waals surface area contributed by atoms with E-state index >= 15 is 0 Å². The standard InChI is InChI=1S/C8H14F2N2O2/c1-11-6-4-14-3-5(6)8(13)12-2-7(9)10/h5-7,11H,2-4H2,1H3,(H,12,13). The molecule has 2 N–H and O–H groups in total. The van der Waals surface area contributed by atoms with Crippen molar-refractivity contribution in [2.24, 2.45) is 5.92 Å². The van der Waals surface area contributed by atoms with Crippen molar-refractivity contribution < 1.29 is 18.3 Å². The topological polar surface area (TPSA) is 50.4 Å². The average molecular weight is 208 g/mol. The molecular formula is C8H14F2N2O2. The molecule has 2 atom stereocenters. The zero-order valence-electron chi connectivity index (χ0n) is 7.93. The van der Waals surface area contributed by atoms with Crippen LogP contribution in [0, 0.1) is 5.92 Å². The largest absolute Gasteiger partial charge is 0.379 e. The summed E-state index contributed by atoms with van der Waals surface area (Å²) >= 11 is 0. The summed E-state index contributed by atoms with van der Waals surface area (Å²) in [7, 11) is 1.72. The van der Waals surface area contributed by atoms with Crippen molar-refractivity contribution in [1.82, 2.24) is 10.6 Å². The Bertz CT molecular complexity index is 202. The molecule has 1 saturated heterocycles. The van der Waals surface area contributed by atoms with Crippen LogP contribution in [0.1, 0.15) is 0 Å². The van der Waals surface area contributed by atoms with E-state index < -0.39 is 13.0 Å². The summed E-state index contributed by atoms with van der Waals surface area (Å²) < 4.78 is 28.7. The van der Waals surface area contributed by atoms with Crippen LogP contribution in [0.2, 0.25) is 0 Å². The summed E-state index contributed by atoms with van der Waals surface area (Å²) in [5.41, 5.74) is 0. The predicted molar refractivity (Wildman–Crippen MR) is 46.2 cm³/mol. The summed E-state index contributed by atoms with van der Waals surface area (Å²) in [6.45, 7) is 0.148. The van der Waals surface area contributed by atoms with Crippen molar-refractivity contribution in [3.05, 3.63) is 0 Å². The van der Waals surface area contributed by atoms with Gasteiger partial charge >= 0.3 is 0 Å². The molecule has 1 heterocycles. The highest BCUT2D eigenvalue weighted by molar-refractivity contribution is 5.79. The number of likely N-dealkylation sites (N-methyl/N-ethyl adjacent to an activating group) is 1. The van der Waals surface area contributed by atoms with E-state index in [1.165, 1.54) is 0 Å². The van der Waals surface area contributed by atoms with E-state index in [0.717, 1.165) is 0 Å². The molecule has 0 saturated carbocycles. The molecule has 6 heteroatoms. The molecule has 0 aromatic carbocycles. The van der Waals surface area contributed by atoms with Crippen molar-refractivity contribution in [2.75, 3.05) is 26.8 Å². The second-order valence-corrected chi connectivity index (χ2v) is 3.18. The van der Waals surface area contributed by atoms with Crippen LogP contribution in [0.3, 0.4) is 0 Å². The molecule has 0 spiro atoms. The van der Waals surface area contributed by atoms with Gasteiger partial charge < -0.3 is 15.4 Å². The normalized spacial score (nSPS) is 26.9. The number of rotatable bonds is 4. The molecule has 0 radical (unpaired) electrons. The van der Waals surface area contributed by atoms with Crippen LogP contribution in [0.5, 0.6) is 0 Å². The SMILES string of the molecule is CNC1COCC1C(=O)NCC(F)F. The van der Waals surface area contributed by atoms with E-state index in [2.05, 4.69) is 10.6 Å². The van der Waals surface area contributed by atoms with E-state index in [0.29, 0.717) is 13.2 Å². The lowest BCUT2D eigenvalue weighted by atomic mass is 10.0. The van der Waals surface area contributed by atoms with Gasteiger partial charge in [-0.15, -0.1) is 0 Å². The molecule has 14 heavy (non-hydrogen) atoms. The lowest BCUT2D eigenvalue weighted by Gasteiger charge is -2.15. The van der Waals surface area contributed by atoms with Crippen molar-refractivity contribution in [3.63, 3.8) is 0 Å². The zero-order valence-corrected chi connectivity index (χ0v) is 7.93. The molecule has 82 valence electrons. The Labute approximate surface area is 81.0 Å². The van der Waals surface area contributed by atoms with E-state index in [1.54, 1.807) is 7.05 Å². The predicted octanol–water partition coefficient (Wildman–Crippen LogP) is -0.398. The first kappa shape index (κ1) is 11.3. The van der Waals surface area contributed by atoms with Gasteiger partial charge in [-0.2, -0.15) is 0 Å². The number of ether oxygens (including phenoxy) is 1. The van der Waals surface area contributed by atoms with Gasteiger partial charge in [-0.1, -0.05) is 0 Å². The number of amides is 1. The van der Waals surface area contributed by atoms with Gasteiger partial charge in [0.25, 0.3) is 6.43 Å². The van der Waals surface area contributed by atoms with Crippen LogP contribution in [0.4, 0.5) is 8.78 Å². The quantitative estimate of drug-likeness (QED) is 0.661. The van der Waals surface area contributed by atoms with Crippen molar-refractivity contribution in [1.29, 1.82) is 0 Å². The number of carbonyl (C=O) groups is 1. The maximum absolute atomic E-state index is 11.8. The second kappa shape index (κ2) is 5.21. The number of hydrogen-bond donors (Lipinski definition) is 2. The highest BCUT2D eigenvalue weighted by atomic mass is 19.3. The summed E-state index contributed by atoms with van der Waals surface area (Å²) in [5.74, 6) is -0.735. The third kappa shape index (κ3) is 2.88. The maximum atomic E-state index is 11.8. The summed E-state index contributed by atoms with van der Waals surface area (Å²) in [5, 5.41) is 5.09. The first-order chi connectivity index (χ1) is 6.65. The molecule has 0 bridgehead atoms. The van der Waals surface area contributed by atoms with Crippen LogP contribution in [0.25, 0.3) is 0 Å². The Balaban J connectivity index is 2.35. The Kier molecular flexibility index (Phi) is 4.21. The van der Waals surface area contributed by atoms with Gasteiger partial charge in [0, 0.05) is 6.04 Å². The molecule has 4 nitrogen and oxygen atoms in total. The molecule has 1 aliphatic heterocycles. The van der Waals surface area contributed by atoms with Crippen LogP contribution in [-0.4, -0.2) is 45.2 Å². The number of hydrogen-bond acceptors (Lipinski definition) is 3. The van der Waals surface area contributed by atoms with E-state index in [1.807, 2.05) is 0 Å². The first-order valence-corrected chi connectivity index (χ1v) is 4.46. The van der Waals surface area contributed by atoms with Crippen molar-refractivity contribution in [3.8, 4) is 0 Å². The Morgan fingerprint density at radius 2 is 2.29 bits per heavy atom. The number of carbonyl (C=O) groups excluding carboxylic acids is 1. The van der Waals surface area contributed by atoms with E-state index in [-0.39, 0.29) is 17.9 Å². The number of halogens is 2. The van der Waals surface area contributed by atoms with Crippen LogP contribution >= 0.6 is 0 Å². The van der Waals surface area contributed by atoms with Gasteiger partial charge in [-0.05, 0) is 7.05 Å². The zero-order chi connectivity index (χ0) is 10.6. The molecule has 0 aromatic heterocycles. The third-order valence-corrected chi connectivity index (χ3v) is 2.22. The fourth-order valence-electron chi connectivity index (χ4n) is 1.41. The Morgan fingerprint density at radius 3 is 2.86 bits per heavy atom. The minimum absolute atomic E-state index is 0.0762. The molecule has 1 rings (SSSR count). The van der Waals surface area contributed by atoms with Gasteiger partial charge in [0.2, 0.25) is 5.91 Å². The number of alkyl halides is 2. The molecule has 0 aromatic rings. The smallest absolute Gasteiger partial charge is 0.255 e. The van der Waals surface area contributed by atoms with Crippen LogP contribution in [0.15, 0.2) is 0 Å². The van der Waals surface area contributed by atoms with Crippen LogP contribution < -0.4 is 10.6 Å². The first-order valence-electron chi connectivity index (χ1n) is 4.46. The van der Waals surface area contributed by atoms with Gasteiger partial charge in [0.05, 0.1) is 25.7 Å². The molecule has 2 unspecified atom stereocenters. The Morgan fingerprint density at radius 1 is 1.57 bits per heavy atom. The minimum atomic E-state index is -2.51. The highest BCUT2D eigenvalue weighted by Gasteiger charge is 2.32. The van der Waals surface area contributed by atoms with Gasteiger partial charge in [0.15, 0.2) is 0 Å². The van der Waals surface area contributed by atoms with Gasteiger partial charge in [-0.25, -0.2) is 8.78 Å². The van der Waals surface area contributed by atoms with E-state index in [9.17, 15) is 13.6 Å². The fraction of sp³-hybridized carbons (Fsp3) is 0.875. The van der Waals surface area contributed by atoms with Crippen molar-refractivity contribution >= 4 is 5.91 Å². The third-order valence-electron chi connectivity index (χ3n) is 2.22. The summed E-state index contributed by atoms with van der Waals surface area (Å²) in [4.78, 5) is 11.4. The minimum Gasteiger partial charge on any atom is -0.379 e. The maximum Gasteiger partial charge on any atom is 0.255 e. The van der Waals surface area contributed by atoms with Crippen LogP contribution in [-0.2, 0) is 9.53 Å². The van der Waals surface area contributed by atoms with Crippen molar-refractivity contribution in [2.45, 2.75) is 12.5 Å². The summed E-state index contributed by atoms with van der Waals surface area (Å²) in [6.07, 6.45) is -2.51. The Hall–Kier alpha value is -0.750. The monoisotopic (exact) mass is 208 g/mol. The number of nitrogens with one attached hydrogen (secondary N) is 2. The fourth-order valence-corrected chi connectivity index (χ4v) is 1.41. The lowest BCUT2D eigenvalue weighted by molar-refractivity contribution is -0.126. The highest BCUT2D eigenvalue weighted by Crippen LogP contribution is 2.13. The molecule has 1 fully saturated rings.